The molecule has 188 valence electrons. The molecule has 9 nitrogen and oxygen atoms in total. The fraction of sp³-hybridized carbons (Fsp3) is 0.261. The highest BCUT2D eigenvalue weighted by atomic mass is 35.5. The average Bonchev–Trinajstić information content (AvgIpc) is 3.47. The molecule has 0 atom stereocenters. The molecule has 0 saturated heterocycles. The number of aromatic nitrogens is 5. The van der Waals surface area contributed by atoms with E-state index in [1.54, 1.807) is 19.1 Å². The average molecular weight is 520 g/mol. The fourth-order valence-corrected chi connectivity index (χ4v) is 3.78. The van der Waals surface area contributed by atoms with Crippen LogP contribution >= 0.6 is 11.6 Å². The van der Waals surface area contributed by atoms with Gasteiger partial charge in [-0.1, -0.05) is 24.9 Å². The molecule has 2 amide bonds. The maximum absolute atomic E-state index is 13.5. The molecule has 2 N–H and O–H groups in total. The number of halogens is 4. The Hall–Kier alpha value is -3.93. The molecular weight excluding hydrogens is 499 g/mol. The largest absolute Gasteiger partial charge is 0.435 e. The number of rotatable bonds is 7. The summed E-state index contributed by atoms with van der Waals surface area (Å²) in [7, 11) is 0. The van der Waals surface area contributed by atoms with Gasteiger partial charge in [0.15, 0.2) is 17.2 Å². The number of anilines is 1. The minimum Gasteiger partial charge on any atom is -0.351 e. The number of fused-ring (bicyclic) bond motifs is 1. The van der Waals surface area contributed by atoms with Crippen molar-refractivity contribution in [3.8, 4) is 5.82 Å². The van der Waals surface area contributed by atoms with Gasteiger partial charge in [0.25, 0.3) is 11.8 Å². The lowest BCUT2D eigenvalue weighted by Crippen LogP contribution is -2.29. The molecule has 0 spiro atoms. The number of carbonyl (C=O) groups is 2. The van der Waals surface area contributed by atoms with Gasteiger partial charge < -0.3 is 10.6 Å². The van der Waals surface area contributed by atoms with Crippen molar-refractivity contribution in [2.75, 3.05) is 11.9 Å². The smallest absolute Gasteiger partial charge is 0.351 e. The van der Waals surface area contributed by atoms with Gasteiger partial charge in [-0.25, -0.2) is 14.2 Å². The topological polar surface area (TPSA) is 106 Å². The van der Waals surface area contributed by atoms with Crippen molar-refractivity contribution in [1.82, 2.24) is 29.7 Å². The van der Waals surface area contributed by atoms with Crippen LogP contribution in [-0.2, 0) is 6.18 Å². The van der Waals surface area contributed by atoms with Crippen molar-refractivity contribution in [3.63, 3.8) is 0 Å². The Morgan fingerprint density at radius 2 is 1.92 bits per heavy atom. The van der Waals surface area contributed by atoms with Crippen molar-refractivity contribution >= 4 is 34.6 Å². The number of alkyl halides is 3. The molecule has 0 fully saturated rings. The summed E-state index contributed by atoms with van der Waals surface area (Å²) in [6.45, 7) is 4.04. The van der Waals surface area contributed by atoms with E-state index in [4.69, 9.17) is 11.6 Å². The highest BCUT2D eigenvalue weighted by Gasteiger charge is 2.37. The fourth-order valence-electron chi connectivity index (χ4n) is 3.58. The lowest BCUT2D eigenvalue weighted by molar-refractivity contribution is -0.141. The van der Waals surface area contributed by atoms with E-state index >= 15 is 0 Å². The minimum atomic E-state index is -4.82. The molecule has 4 aromatic rings. The second kappa shape index (κ2) is 9.97. The summed E-state index contributed by atoms with van der Waals surface area (Å²) >= 11 is 6.12. The van der Waals surface area contributed by atoms with E-state index in [2.05, 4.69) is 25.8 Å². The van der Waals surface area contributed by atoms with Gasteiger partial charge in [-0.3, -0.25) is 9.59 Å². The second-order valence-corrected chi connectivity index (χ2v) is 8.32. The first-order chi connectivity index (χ1) is 17.1. The normalized spacial score (nSPS) is 11.6. The zero-order valence-electron chi connectivity index (χ0n) is 19.2. The Balaban J connectivity index is 1.80. The van der Waals surface area contributed by atoms with E-state index < -0.39 is 29.4 Å². The Labute approximate surface area is 208 Å². The Morgan fingerprint density at radius 1 is 1.14 bits per heavy atom. The Bertz CT molecular complexity index is 1450. The van der Waals surface area contributed by atoms with Gasteiger partial charge in [0.05, 0.1) is 22.4 Å². The number of amides is 2. The maximum atomic E-state index is 13.5. The van der Waals surface area contributed by atoms with E-state index in [1.165, 1.54) is 29.0 Å². The minimum absolute atomic E-state index is 0.00601. The van der Waals surface area contributed by atoms with E-state index in [9.17, 15) is 22.8 Å². The number of hydrogen-bond acceptors (Lipinski definition) is 5. The first-order valence-corrected chi connectivity index (χ1v) is 11.3. The van der Waals surface area contributed by atoms with Crippen molar-refractivity contribution in [2.45, 2.75) is 32.9 Å². The quantitative estimate of drug-likeness (QED) is 0.345. The van der Waals surface area contributed by atoms with E-state index in [1.807, 2.05) is 6.92 Å². The van der Waals surface area contributed by atoms with Crippen LogP contribution in [0.5, 0.6) is 0 Å². The van der Waals surface area contributed by atoms with Gasteiger partial charge in [-0.05, 0) is 43.2 Å². The number of unbranched alkanes of at least 4 members (excludes halogenated alkanes) is 1. The van der Waals surface area contributed by atoms with Crippen LogP contribution < -0.4 is 10.6 Å². The third-order valence-electron chi connectivity index (χ3n) is 5.32. The predicted molar refractivity (Wildman–Crippen MR) is 126 cm³/mol. The van der Waals surface area contributed by atoms with Crippen LogP contribution in [-0.4, -0.2) is 42.7 Å². The molecule has 0 aliphatic carbocycles. The molecule has 4 aromatic heterocycles. The number of carbonyl (C=O) groups excluding carboxylic acids is 2. The van der Waals surface area contributed by atoms with Gasteiger partial charge in [-0.15, -0.1) is 0 Å². The van der Waals surface area contributed by atoms with Crippen molar-refractivity contribution < 1.29 is 22.8 Å². The van der Waals surface area contributed by atoms with Crippen LogP contribution in [0, 0.1) is 6.92 Å². The first-order valence-electron chi connectivity index (χ1n) is 11.0. The summed E-state index contributed by atoms with van der Waals surface area (Å²) < 4.78 is 42.5. The first kappa shape index (κ1) is 25.2. The summed E-state index contributed by atoms with van der Waals surface area (Å²) in [5.41, 5.74) is -0.520. The standard InChI is InChI=1S/C23H21ClF3N7O2/c1-3-4-8-29-22(36)19-18(13(2)11-14-7-10-30-33(14)19)31-21(35)16-12-17(23(25,26)27)32-34(16)20-15(24)6-5-9-28-20/h5-7,9-12H,3-4,8H2,1-2H3,(H,29,36)(H,31,35). The van der Waals surface area contributed by atoms with Gasteiger partial charge in [0, 0.05) is 18.8 Å². The summed E-state index contributed by atoms with van der Waals surface area (Å²) in [5.74, 6) is -1.60. The number of pyridine rings is 2. The molecule has 0 aliphatic rings. The molecule has 0 radical (unpaired) electrons. The van der Waals surface area contributed by atoms with Crippen molar-refractivity contribution in [2.24, 2.45) is 0 Å². The highest BCUT2D eigenvalue weighted by Crippen LogP contribution is 2.31. The summed E-state index contributed by atoms with van der Waals surface area (Å²) in [6, 6.07) is 6.89. The molecule has 0 aromatic carbocycles. The molecular formula is C23H21ClF3N7O2. The third kappa shape index (κ3) is 4.89. The number of aryl methyl sites for hydroxylation is 1. The molecule has 0 saturated carbocycles. The van der Waals surface area contributed by atoms with Gasteiger partial charge in [0.2, 0.25) is 0 Å². The Morgan fingerprint density at radius 3 is 2.61 bits per heavy atom. The summed E-state index contributed by atoms with van der Waals surface area (Å²) in [5, 5.41) is 13.1. The monoisotopic (exact) mass is 519 g/mol. The molecule has 0 aliphatic heterocycles. The number of nitrogens with zero attached hydrogens (tertiary/aromatic N) is 5. The zero-order valence-corrected chi connectivity index (χ0v) is 20.0. The molecule has 0 bridgehead atoms. The van der Waals surface area contributed by atoms with Crippen molar-refractivity contribution in [3.05, 3.63) is 70.4 Å². The zero-order chi connectivity index (χ0) is 26.0. The second-order valence-electron chi connectivity index (χ2n) is 7.92. The molecule has 36 heavy (non-hydrogen) atoms. The molecule has 0 unspecified atom stereocenters. The third-order valence-corrected chi connectivity index (χ3v) is 5.62. The highest BCUT2D eigenvalue weighted by molar-refractivity contribution is 6.32. The van der Waals surface area contributed by atoms with Gasteiger partial charge in [0.1, 0.15) is 5.69 Å². The van der Waals surface area contributed by atoms with Crippen LogP contribution in [0.2, 0.25) is 5.02 Å². The van der Waals surface area contributed by atoms with E-state index in [-0.39, 0.29) is 22.2 Å². The van der Waals surface area contributed by atoms with Crippen LogP contribution in [0.4, 0.5) is 18.9 Å². The van der Waals surface area contributed by atoms with Crippen LogP contribution in [0.15, 0.2) is 42.7 Å². The van der Waals surface area contributed by atoms with E-state index in [0.29, 0.717) is 23.7 Å². The van der Waals surface area contributed by atoms with Crippen molar-refractivity contribution in [1.29, 1.82) is 0 Å². The van der Waals surface area contributed by atoms with Gasteiger partial charge >= 0.3 is 6.18 Å². The summed E-state index contributed by atoms with van der Waals surface area (Å²) in [4.78, 5) is 30.4. The van der Waals surface area contributed by atoms with Crippen LogP contribution in [0.25, 0.3) is 11.3 Å². The SMILES string of the molecule is CCCCNC(=O)c1c(NC(=O)c2cc(C(F)(F)F)nn2-c2ncccc2Cl)c(C)cc2ccnn12. The van der Waals surface area contributed by atoms with Crippen LogP contribution in [0.3, 0.4) is 0 Å². The molecule has 4 heterocycles. The number of nitrogens with one attached hydrogen (secondary N) is 2. The Kier molecular flexibility index (Phi) is 6.97. The molecule has 4 rings (SSSR count). The number of hydrogen-bond donors (Lipinski definition) is 2. The lowest BCUT2D eigenvalue weighted by atomic mass is 10.1. The molecule has 13 heteroatoms. The van der Waals surface area contributed by atoms with E-state index in [0.717, 1.165) is 17.5 Å². The predicted octanol–water partition coefficient (Wildman–Crippen LogP) is 4.68. The van der Waals surface area contributed by atoms with Gasteiger partial charge in [-0.2, -0.15) is 23.4 Å². The lowest BCUT2D eigenvalue weighted by Gasteiger charge is -2.16. The summed E-state index contributed by atoms with van der Waals surface area (Å²) in [6.07, 6.45) is -0.415. The maximum Gasteiger partial charge on any atom is 0.435 e. The van der Waals surface area contributed by atoms with Crippen LogP contribution in [0.1, 0.15) is 52.0 Å².